The Morgan fingerprint density at radius 3 is 3.00 bits per heavy atom. The van der Waals surface area contributed by atoms with Gasteiger partial charge in [-0.15, -0.1) is 0 Å². The minimum Gasteiger partial charge on any atom is -0.339 e. The molecule has 0 unspecified atom stereocenters. The average molecular weight is 255 g/mol. The van der Waals surface area contributed by atoms with Gasteiger partial charge in [-0.1, -0.05) is 0 Å². The fourth-order valence-electron chi connectivity index (χ4n) is 2.39. The predicted octanol–water partition coefficient (Wildman–Crippen LogP) is 2.35. The summed E-state index contributed by atoms with van der Waals surface area (Å²) < 4.78 is 0. The first kappa shape index (κ1) is 12.0. The highest BCUT2D eigenvalue weighted by molar-refractivity contribution is 5.56. The molecule has 1 aliphatic heterocycles. The van der Waals surface area contributed by atoms with Crippen molar-refractivity contribution in [2.24, 2.45) is 0 Å². The molecule has 1 aliphatic rings. The number of aryl methyl sites for hydroxylation is 1. The van der Waals surface area contributed by atoms with E-state index >= 15 is 0 Å². The Hall–Kier alpha value is -2.01. The smallest absolute Gasteiger partial charge is 0.148 e. The van der Waals surface area contributed by atoms with Crippen LogP contribution in [-0.2, 0) is 0 Å². The van der Waals surface area contributed by atoms with Gasteiger partial charge >= 0.3 is 0 Å². The fourth-order valence-corrected chi connectivity index (χ4v) is 2.39. The van der Waals surface area contributed by atoms with Gasteiger partial charge in [0.15, 0.2) is 0 Å². The van der Waals surface area contributed by atoms with E-state index in [9.17, 15) is 0 Å². The Bertz CT molecular complexity index is 549. The molecule has 2 aromatic rings. The minimum atomic E-state index is 0.377. The first-order valence-electron chi connectivity index (χ1n) is 6.56. The van der Waals surface area contributed by atoms with Gasteiger partial charge in [0, 0.05) is 29.8 Å². The summed E-state index contributed by atoms with van der Waals surface area (Å²) in [6.07, 6.45) is 7.42. The molecule has 0 aromatic carbocycles. The molecule has 1 atom stereocenters. The van der Waals surface area contributed by atoms with Crippen molar-refractivity contribution in [3.63, 3.8) is 0 Å². The zero-order valence-corrected chi connectivity index (χ0v) is 10.9. The number of anilines is 2. The van der Waals surface area contributed by atoms with E-state index < -0.39 is 0 Å². The summed E-state index contributed by atoms with van der Waals surface area (Å²) in [7, 11) is 0. The molecule has 3 rings (SSSR count). The minimum absolute atomic E-state index is 0.377. The van der Waals surface area contributed by atoms with Crippen LogP contribution in [0.5, 0.6) is 0 Å². The van der Waals surface area contributed by atoms with Crippen LogP contribution >= 0.6 is 0 Å². The van der Waals surface area contributed by atoms with E-state index in [0.717, 1.165) is 35.9 Å². The van der Waals surface area contributed by atoms with Crippen LogP contribution < -0.4 is 10.6 Å². The molecular formula is C14H17N5. The van der Waals surface area contributed by atoms with E-state index in [1.165, 1.54) is 6.42 Å². The molecule has 2 N–H and O–H groups in total. The van der Waals surface area contributed by atoms with Gasteiger partial charge in [0.2, 0.25) is 0 Å². The number of rotatable bonds is 3. The van der Waals surface area contributed by atoms with E-state index in [1.807, 2.05) is 13.0 Å². The Labute approximate surface area is 112 Å². The molecule has 2 aromatic heterocycles. The molecule has 5 heteroatoms. The third-order valence-electron chi connectivity index (χ3n) is 3.23. The van der Waals surface area contributed by atoms with Crippen LogP contribution in [0.3, 0.4) is 0 Å². The Balaban J connectivity index is 1.85. The molecule has 3 heterocycles. The summed E-state index contributed by atoms with van der Waals surface area (Å²) >= 11 is 0. The van der Waals surface area contributed by atoms with Gasteiger partial charge < -0.3 is 10.6 Å². The highest BCUT2D eigenvalue weighted by Gasteiger charge is 2.18. The van der Waals surface area contributed by atoms with Crippen molar-refractivity contribution in [3.05, 3.63) is 42.1 Å². The molecule has 98 valence electrons. The molecule has 0 aliphatic carbocycles. The quantitative estimate of drug-likeness (QED) is 0.881. The van der Waals surface area contributed by atoms with Crippen molar-refractivity contribution in [2.45, 2.75) is 25.8 Å². The Kier molecular flexibility index (Phi) is 3.37. The van der Waals surface area contributed by atoms with Crippen molar-refractivity contribution < 1.29 is 0 Å². The Morgan fingerprint density at radius 1 is 1.32 bits per heavy atom. The van der Waals surface area contributed by atoms with E-state index in [0.29, 0.717) is 6.04 Å². The molecule has 1 fully saturated rings. The van der Waals surface area contributed by atoms with Crippen molar-refractivity contribution in [2.75, 3.05) is 11.9 Å². The number of nitrogens with zero attached hydrogens (tertiary/aromatic N) is 3. The van der Waals surface area contributed by atoms with Crippen LogP contribution in [0.1, 0.15) is 30.3 Å². The predicted molar refractivity (Wildman–Crippen MR) is 74.3 cm³/mol. The monoisotopic (exact) mass is 255 g/mol. The fraction of sp³-hybridized carbons (Fsp3) is 0.357. The van der Waals surface area contributed by atoms with Gasteiger partial charge in [-0.25, -0.2) is 4.98 Å². The summed E-state index contributed by atoms with van der Waals surface area (Å²) in [5, 5.41) is 6.74. The summed E-state index contributed by atoms with van der Waals surface area (Å²) in [6.45, 7) is 3.09. The molecule has 0 saturated carbocycles. The highest BCUT2D eigenvalue weighted by atomic mass is 15.0. The van der Waals surface area contributed by atoms with Crippen molar-refractivity contribution in [3.8, 4) is 0 Å². The normalized spacial score (nSPS) is 18.5. The van der Waals surface area contributed by atoms with E-state index in [4.69, 9.17) is 0 Å². The Morgan fingerprint density at radius 2 is 2.26 bits per heavy atom. The lowest BCUT2D eigenvalue weighted by atomic mass is 10.1. The van der Waals surface area contributed by atoms with Crippen LogP contribution in [0.2, 0.25) is 0 Å². The summed E-state index contributed by atoms with van der Waals surface area (Å²) in [4.78, 5) is 12.9. The van der Waals surface area contributed by atoms with Crippen molar-refractivity contribution in [1.29, 1.82) is 0 Å². The summed E-state index contributed by atoms with van der Waals surface area (Å²) in [5.41, 5.74) is 3.12. The second-order valence-electron chi connectivity index (χ2n) is 4.79. The summed E-state index contributed by atoms with van der Waals surface area (Å²) in [5.74, 6) is 0.749. The third-order valence-corrected chi connectivity index (χ3v) is 3.23. The maximum absolute atomic E-state index is 4.62. The number of hydrogen-bond donors (Lipinski definition) is 2. The number of hydrogen-bond acceptors (Lipinski definition) is 5. The van der Waals surface area contributed by atoms with Gasteiger partial charge in [-0.3, -0.25) is 9.97 Å². The van der Waals surface area contributed by atoms with Gasteiger partial charge in [0.25, 0.3) is 0 Å². The van der Waals surface area contributed by atoms with Crippen LogP contribution in [0.4, 0.5) is 11.5 Å². The van der Waals surface area contributed by atoms with Gasteiger partial charge in [-0.2, -0.15) is 0 Å². The first-order chi connectivity index (χ1) is 9.31. The van der Waals surface area contributed by atoms with Gasteiger partial charge in [0.05, 0.1) is 11.9 Å². The average Bonchev–Trinajstić information content (AvgIpc) is 2.93. The zero-order chi connectivity index (χ0) is 13.1. The summed E-state index contributed by atoms with van der Waals surface area (Å²) in [6, 6.07) is 4.49. The highest BCUT2D eigenvalue weighted by Crippen LogP contribution is 2.25. The molecular weight excluding hydrogens is 238 g/mol. The van der Waals surface area contributed by atoms with Gasteiger partial charge in [0.1, 0.15) is 5.82 Å². The first-order valence-corrected chi connectivity index (χ1v) is 6.56. The molecule has 1 saturated heterocycles. The lowest BCUT2D eigenvalue weighted by Crippen LogP contribution is -2.14. The third kappa shape index (κ3) is 2.88. The van der Waals surface area contributed by atoms with E-state index in [2.05, 4.69) is 31.7 Å². The second kappa shape index (κ2) is 5.32. The zero-order valence-electron chi connectivity index (χ0n) is 10.9. The van der Waals surface area contributed by atoms with Crippen molar-refractivity contribution >= 4 is 11.5 Å². The van der Waals surface area contributed by atoms with Crippen molar-refractivity contribution in [1.82, 2.24) is 20.3 Å². The molecule has 0 bridgehead atoms. The lowest BCUT2D eigenvalue weighted by Gasteiger charge is -2.13. The topological polar surface area (TPSA) is 62.7 Å². The number of aromatic nitrogens is 3. The van der Waals surface area contributed by atoms with E-state index in [1.54, 1.807) is 18.6 Å². The maximum atomic E-state index is 4.62. The maximum Gasteiger partial charge on any atom is 0.148 e. The SMILES string of the molecule is Cc1cc(Nc2cnccn2)cc([C@H]2CCCN2)n1. The number of nitrogens with one attached hydrogen (secondary N) is 2. The standard InChI is InChI=1S/C14H17N5/c1-10-7-11(19-14-9-15-5-6-17-14)8-13(18-10)12-3-2-4-16-12/h5-9,12,16H,2-4H2,1H3,(H,17,18,19)/t12-/m1/s1. The molecule has 5 nitrogen and oxygen atoms in total. The lowest BCUT2D eigenvalue weighted by molar-refractivity contribution is 0.626. The molecule has 0 radical (unpaired) electrons. The van der Waals surface area contributed by atoms with E-state index in [-0.39, 0.29) is 0 Å². The molecule has 0 amide bonds. The van der Waals surface area contributed by atoms with Crippen LogP contribution in [0.25, 0.3) is 0 Å². The molecule has 0 spiro atoms. The number of pyridine rings is 1. The van der Waals surface area contributed by atoms with Gasteiger partial charge in [-0.05, 0) is 38.4 Å². The largest absolute Gasteiger partial charge is 0.339 e. The molecule has 19 heavy (non-hydrogen) atoms. The van der Waals surface area contributed by atoms with Crippen LogP contribution in [0.15, 0.2) is 30.7 Å². The van der Waals surface area contributed by atoms with Crippen LogP contribution in [-0.4, -0.2) is 21.5 Å². The van der Waals surface area contributed by atoms with Crippen LogP contribution in [0, 0.1) is 6.92 Å². The second-order valence-corrected chi connectivity index (χ2v) is 4.79.